The first-order valence-electron chi connectivity index (χ1n) is 8.16. The molecule has 6 heteroatoms. The molecule has 1 aromatic rings. The number of carbonyl (C=O) groups is 3. The van der Waals surface area contributed by atoms with Gasteiger partial charge < -0.3 is 0 Å². The van der Waals surface area contributed by atoms with Crippen molar-refractivity contribution in [3.8, 4) is 0 Å². The van der Waals surface area contributed by atoms with Crippen molar-refractivity contribution in [2.24, 2.45) is 29.1 Å². The number of halogens is 1. The molecule has 2 bridgehead atoms. The van der Waals surface area contributed by atoms with Crippen LogP contribution in [0.4, 0.5) is 0 Å². The Morgan fingerprint density at radius 1 is 1.12 bits per heavy atom. The lowest BCUT2D eigenvalue weighted by Gasteiger charge is -2.22. The van der Waals surface area contributed by atoms with Crippen LogP contribution in [0.3, 0.4) is 0 Å². The number of hydrogen-bond donors (Lipinski definition) is 1. The molecule has 1 aliphatic heterocycles. The zero-order valence-corrected chi connectivity index (χ0v) is 14.3. The summed E-state index contributed by atoms with van der Waals surface area (Å²) in [7, 11) is 0. The number of nitrogens with one attached hydrogen (secondary N) is 1. The van der Waals surface area contributed by atoms with Gasteiger partial charge in [0.2, 0.25) is 0 Å². The smallest absolute Gasteiger partial charge is 0.270 e. The van der Waals surface area contributed by atoms with Crippen LogP contribution in [0.25, 0.3) is 0 Å². The fraction of sp³-hybridized carbons (Fsp3) is 0.389. The van der Waals surface area contributed by atoms with E-state index in [-0.39, 0.29) is 40.9 Å². The van der Waals surface area contributed by atoms with Crippen LogP contribution in [0, 0.1) is 29.1 Å². The van der Waals surface area contributed by atoms with Gasteiger partial charge in [0.05, 0.1) is 11.8 Å². The minimum absolute atomic E-state index is 0.164. The number of amides is 3. The van der Waals surface area contributed by atoms with Gasteiger partial charge in [0.1, 0.15) is 0 Å². The van der Waals surface area contributed by atoms with E-state index in [0.717, 1.165) is 22.3 Å². The molecule has 24 heavy (non-hydrogen) atoms. The molecule has 5 rings (SSSR count). The molecule has 0 radical (unpaired) electrons. The largest absolute Gasteiger partial charge is 0.272 e. The molecule has 0 aromatic heterocycles. The molecule has 4 aliphatic rings. The lowest BCUT2D eigenvalue weighted by molar-refractivity contribution is -0.144. The minimum atomic E-state index is -0.445. The SMILES string of the molecule is O=C(NN1C(=O)[C@@H]2C3C=CC([C@@H]2C1=O)C31CC1)c1cccc(Br)c1. The maximum atomic E-state index is 12.8. The van der Waals surface area contributed by atoms with Crippen LogP contribution in [-0.4, -0.2) is 22.7 Å². The first kappa shape index (κ1) is 14.4. The Labute approximate surface area is 147 Å². The van der Waals surface area contributed by atoms with E-state index in [1.165, 1.54) is 0 Å². The molecule has 3 fully saturated rings. The molecule has 3 aliphatic carbocycles. The highest BCUT2D eigenvalue weighted by atomic mass is 79.9. The summed E-state index contributed by atoms with van der Waals surface area (Å²) < 4.78 is 0.768. The lowest BCUT2D eigenvalue weighted by atomic mass is 9.85. The number of benzene rings is 1. The normalized spacial score (nSPS) is 34.1. The average molecular weight is 387 g/mol. The Kier molecular flexibility index (Phi) is 2.74. The third-order valence-corrected chi connectivity index (χ3v) is 6.65. The van der Waals surface area contributed by atoms with Gasteiger partial charge >= 0.3 is 0 Å². The monoisotopic (exact) mass is 386 g/mol. The molecular weight excluding hydrogens is 372 g/mol. The second-order valence-electron chi connectivity index (χ2n) is 7.18. The second kappa shape index (κ2) is 4.57. The first-order chi connectivity index (χ1) is 11.5. The number of nitrogens with zero attached hydrogens (tertiary/aromatic N) is 1. The quantitative estimate of drug-likeness (QED) is 0.626. The number of imide groups is 1. The van der Waals surface area contributed by atoms with Crippen molar-refractivity contribution in [1.82, 2.24) is 10.4 Å². The van der Waals surface area contributed by atoms with Crippen LogP contribution < -0.4 is 5.43 Å². The minimum Gasteiger partial charge on any atom is -0.272 e. The maximum absolute atomic E-state index is 12.8. The van der Waals surface area contributed by atoms with Crippen molar-refractivity contribution in [1.29, 1.82) is 0 Å². The van der Waals surface area contributed by atoms with Crippen molar-refractivity contribution in [3.63, 3.8) is 0 Å². The fourth-order valence-electron chi connectivity index (χ4n) is 4.98. The van der Waals surface area contributed by atoms with E-state index < -0.39 is 5.91 Å². The van der Waals surface area contributed by atoms with Gasteiger partial charge in [0, 0.05) is 10.0 Å². The van der Waals surface area contributed by atoms with Crippen molar-refractivity contribution >= 4 is 33.7 Å². The molecule has 1 saturated heterocycles. The van der Waals surface area contributed by atoms with Crippen LogP contribution in [-0.2, 0) is 9.59 Å². The van der Waals surface area contributed by atoms with E-state index in [1.807, 2.05) is 6.07 Å². The molecule has 3 amide bonds. The maximum Gasteiger partial charge on any atom is 0.270 e. The summed E-state index contributed by atoms with van der Waals surface area (Å²) >= 11 is 3.31. The fourth-order valence-corrected chi connectivity index (χ4v) is 5.38. The Bertz CT molecular complexity index is 795. The zero-order chi connectivity index (χ0) is 16.6. The van der Waals surface area contributed by atoms with Crippen LogP contribution in [0.1, 0.15) is 23.2 Å². The summed E-state index contributed by atoms with van der Waals surface area (Å²) in [6.07, 6.45) is 6.44. The molecule has 2 saturated carbocycles. The number of hydrazine groups is 1. The van der Waals surface area contributed by atoms with Crippen LogP contribution >= 0.6 is 15.9 Å². The summed E-state index contributed by atoms with van der Waals surface area (Å²) in [5.74, 6) is -1.21. The Hall–Kier alpha value is -1.95. The van der Waals surface area contributed by atoms with E-state index in [1.54, 1.807) is 18.2 Å². The summed E-state index contributed by atoms with van der Waals surface area (Å²) in [6, 6.07) is 6.86. The average Bonchev–Trinajstić information content (AvgIpc) is 3.17. The summed E-state index contributed by atoms with van der Waals surface area (Å²) in [5.41, 5.74) is 3.09. The number of hydrogen-bond acceptors (Lipinski definition) is 3. The molecule has 1 heterocycles. The van der Waals surface area contributed by atoms with E-state index >= 15 is 0 Å². The highest BCUT2D eigenvalue weighted by molar-refractivity contribution is 9.10. The summed E-state index contributed by atoms with van der Waals surface area (Å²) in [4.78, 5) is 38.0. The Morgan fingerprint density at radius 3 is 2.29 bits per heavy atom. The number of allylic oxidation sites excluding steroid dienone is 2. The van der Waals surface area contributed by atoms with E-state index in [9.17, 15) is 14.4 Å². The standard InChI is InChI=1S/C18H15BrN2O3/c19-10-3-1-2-9(8-10)15(22)20-21-16(23)13-11-4-5-12(14(13)17(21)24)18(11)6-7-18/h1-5,8,11-14H,6-7H2,(H,20,22)/t11?,12?,13-,14+. The van der Waals surface area contributed by atoms with Crippen molar-refractivity contribution in [3.05, 3.63) is 46.5 Å². The van der Waals surface area contributed by atoms with Gasteiger partial charge in [-0.1, -0.05) is 34.1 Å². The highest BCUT2D eigenvalue weighted by Gasteiger charge is 2.73. The highest BCUT2D eigenvalue weighted by Crippen LogP contribution is 2.73. The van der Waals surface area contributed by atoms with Gasteiger partial charge in [-0.15, -0.1) is 0 Å². The molecule has 122 valence electrons. The van der Waals surface area contributed by atoms with Gasteiger partial charge in [-0.3, -0.25) is 19.8 Å². The molecular formula is C18H15BrN2O3. The van der Waals surface area contributed by atoms with Gasteiger partial charge in [-0.05, 0) is 48.3 Å². The van der Waals surface area contributed by atoms with Gasteiger partial charge in [0.25, 0.3) is 17.7 Å². The third-order valence-electron chi connectivity index (χ3n) is 6.15. The van der Waals surface area contributed by atoms with Crippen molar-refractivity contribution in [2.75, 3.05) is 0 Å². The van der Waals surface area contributed by atoms with Crippen LogP contribution in [0.15, 0.2) is 40.9 Å². The Balaban J connectivity index is 1.41. The number of rotatable bonds is 2. The van der Waals surface area contributed by atoms with Crippen molar-refractivity contribution in [2.45, 2.75) is 12.8 Å². The summed E-state index contributed by atoms with van der Waals surface area (Å²) in [6.45, 7) is 0. The van der Waals surface area contributed by atoms with Crippen LogP contribution in [0.5, 0.6) is 0 Å². The molecule has 1 N–H and O–H groups in total. The predicted molar refractivity (Wildman–Crippen MR) is 88.2 cm³/mol. The van der Waals surface area contributed by atoms with Gasteiger partial charge in [-0.25, -0.2) is 0 Å². The molecule has 1 spiro atoms. The topological polar surface area (TPSA) is 66.5 Å². The van der Waals surface area contributed by atoms with E-state index in [4.69, 9.17) is 0 Å². The predicted octanol–water partition coefficient (Wildman–Crippen LogP) is 2.29. The molecule has 2 unspecified atom stereocenters. The lowest BCUT2D eigenvalue weighted by Crippen LogP contribution is -2.47. The van der Waals surface area contributed by atoms with Crippen LogP contribution in [0.2, 0.25) is 0 Å². The molecule has 4 atom stereocenters. The zero-order valence-electron chi connectivity index (χ0n) is 12.7. The van der Waals surface area contributed by atoms with E-state index in [2.05, 4.69) is 33.5 Å². The van der Waals surface area contributed by atoms with Gasteiger partial charge in [-0.2, -0.15) is 5.01 Å². The summed E-state index contributed by atoms with van der Waals surface area (Å²) in [5, 5.41) is 0.959. The van der Waals surface area contributed by atoms with Crippen molar-refractivity contribution < 1.29 is 14.4 Å². The molecule has 5 nitrogen and oxygen atoms in total. The number of carbonyl (C=O) groups excluding carboxylic acids is 3. The molecule has 1 aromatic carbocycles. The third kappa shape index (κ3) is 1.67. The number of fused-ring (bicyclic) bond motifs is 3. The van der Waals surface area contributed by atoms with Gasteiger partial charge in [0.15, 0.2) is 0 Å². The first-order valence-corrected chi connectivity index (χ1v) is 8.95. The Morgan fingerprint density at radius 2 is 1.75 bits per heavy atom. The second-order valence-corrected chi connectivity index (χ2v) is 8.10. The van der Waals surface area contributed by atoms with E-state index in [0.29, 0.717) is 5.56 Å².